The van der Waals surface area contributed by atoms with Gasteiger partial charge in [0.25, 0.3) is 0 Å². The molecule has 0 amide bonds. The van der Waals surface area contributed by atoms with Crippen LogP contribution in [0.25, 0.3) is 0 Å². The van der Waals surface area contributed by atoms with E-state index < -0.39 is 10.0 Å². The van der Waals surface area contributed by atoms with Crippen molar-refractivity contribution in [2.75, 3.05) is 26.8 Å². The van der Waals surface area contributed by atoms with Crippen LogP contribution in [0.15, 0.2) is 27.8 Å². The van der Waals surface area contributed by atoms with E-state index in [1.807, 2.05) is 0 Å². The van der Waals surface area contributed by atoms with Crippen LogP contribution in [0.1, 0.15) is 6.92 Å². The molecule has 96 valence electrons. The molecule has 5 nitrogen and oxygen atoms in total. The molecule has 7 heteroatoms. The highest BCUT2D eigenvalue weighted by Gasteiger charge is 2.23. The summed E-state index contributed by atoms with van der Waals surface area (Å²) in [6.07, 6.45) is 2.89. The average molecular weight is 323 g/mol. The van der Waals surface area contributed by atoms with Crippen molar-refractivity contribution >= 4 is 26.0 Å². The quantitative estimate of drug-likeness (QED) is 0.796. The number of ether oxygens (including phenoxy) is 1. The summed E-state index contributed by atoms with van der Waals surface area (Å²) < 4.78 is 31.4. The van der Waals surface area contributed by atoms with Gasteiger partial charge in [-0.15, -0.1) is 0 Å². The Hall–Kier alpha value is -0.500. The first-order valence-electron chi connectivity index (χ1n) is 5.12. The van der Waals surface area contributed by atoms with Crippen LogP contribution in [0.5, 0.6) is 0 Å². The first-order valence-corrected chi connectivity index (χ1v) is 7.35. The second-order valence-corrected chi connectivity index (χ2v) is 6.18. The zero-order chi connectivity index (χ0) is 12.9. The summed E-state index contributed by atoms with van der Waals surface area (Å²) in [4.78, 5) is 4.05. The maximum atomic E-state index is 12.2. The fourth-order valence-electron chi connectivity index (χ4n) is 1.32. The number of pyridine rings is 1. The fourth-order valence-corrected chi connectivity index (χ4v) is 3.26. The number of aromatic nitrogens is 1. The van der Waals surface area contributed by atoms with Crippen LogP contribution in [0.2, 0.25) is 0 Å². The zero-order valence-corrected chi connectivity index (χ0v) is 12.2. The van der Waals surface area contributed by atoms with Crippen molar-refractivity contribution in [3.8, 4) is 0 Å². The van der Waals surface area contributed by atoms with Crippen molar-refractivity contribution in [2.45, 2.75) is 11.8 Å². The Kier molecular flexibility index (Phi) is 5.51. The summed E-state index contributed by atoms with van der Waals surface area (Å²) in [6, 6.07) is 1.54. The normalized spacial score (nSPS) is 12.0. The molecular formula is C10H15BrN2O3S. The monoisotopic (exact) mass is 322 g/mol. The molecule has 0 fully saturated rings. The van der Waals surface area contributed by atoms with Gasteiger partial charge in [0.2, 0.25) is 10.0 Å². The number of rotatable bonds is 6. The second-order valence-electron chi connectivity index (χ2n) is 3.33. The SMILES string of the molecule is CCN(CCOC)S(=O)(=O)c1cncc(Br)c1. The molecule has 0 N–H and O–H groups in total. The minimum Gasteiger partial charge on any atom is -0.383 e. The highest BCUT2D eigenvalue weighted by Crippen LogP contribution is 2.18. The highest BCUT2D eigenvalue weighted by atomic mass is 79.9. The molecule has 17 heavy (non-hydrogen) atoms. The molecule has 1 aromatic rings. The summed E-state index contributed by atoms with van der Waals surface area (Å²) in [5.41, 5.74) is 0. The molecule has 0 bridgehead atoms. The predicted octanol–water partition coefficient (Wildman–Crippen LogP) is 1.50. The van der Waals surface area contributed by atoms with E-state index in [9.17, 15) is 8.42 Å². The predicted molar refractivity (Wildman–Crippen MR) is 68.2 cm³/mol. The van der Waals surface area contributed by atoms with Crippen LogP contribution in [-0.2, 0) is 14.8 Å². The van der Waals surface area contributed by atoms with Gasteiger partial charge in [-0.05, 0) is 22.0 Å². The number of hydrogen-bond acceptors (Lipinski definition) is 4. The van der Waals surface area contributed by atoms with Crippen LogP contribution in [0, 0.1) is 0 Å². The maximum Gasteiger partial charge on any atom is 0.244 e. The van der Waals surface area contributed by atoms with Crippen molar-refractivity contribution in [2.24, 2.45) is 0 Å². The van der Waals surface area contributed by atoms with E-state index >= 15 is 0 Å². The smallest absolute Gasteiger partial charge is 0.244 e. The Bertz CT molecular complexity index is 464. The van der Waals surface area contributed by atoms with Gasteiger partial charge in [0.1, 0.15) is 4.90 Å². The van der Waals surface area contributed by atoms with Crippen molar-refractivity contribution in [3.63, 3.8) is 0 Å². The summed E-state index contributed by atoms with van der Waals surface area (Å²) >= 11 is 3.21. The van der Waals surface area contributed by atoms with Gasteiger partial charge in [0, 0.05) is 37.1 Å². The first-order chi connectivity index (χ1) is 8.02. The molecule has 0 aliphatic rings. The van der Waals surface area contributed by atoms with Crippen LogP contribution in [-0.4, -0.2) is 44.5 Å². The number of nitrogens with zero attached hydrogens (tertiary/aromatic N) is 2. The van der Waals surface area contributed by atoms with Crippen LogP contribution in [0.4, 0.5) is 0 Å². The third-order valence-electron chi connectivity index (χ3n) is 2.22. The number of halogens is 1. The Morgan fingerprint density at radius 3 is 2.71 bits per heavy atom. The molecule has 0 atom stereocenters. The molecular weight excluding hydrogens is 308 g/mol. The number of sulfonamides is 1. The average Bonchev–Trinajstić information content (AvgIpc) is 2.30. The molecule has 0 unspecified atom stereocenters. The summed E-state index contributed by atoms with van der Waals surface area (Å²) in [5.74, 6) is 0. The van der Waals surface area contributed by atoms with E-state index in [0.29, 0.717) is 24.2 Å². The second kappa shape index (κ2) is 6.44. The van der Waals surface area contributed by atoms with Gasteiger partial charge in [0.05, 0.1) is 6.61 Å². The highest BCUT2D eigenvalue weighted by molar-refractivity contribution is 9.10. The van der Waals surface area contributed by atoms with Gasteiger partial charge in [-0.3, -0.25) is 4.98 Å². The van der Waals surface area contributed by atoms with Crippen molar-refractivity contribution in [3.05, 3.63) is 22.9 Å². The lowest BCUT2D eigenvalue weighted by Gasteiger charge is -2.19. The van der Waals surface area contributed by atoms with Gasteiger partial charge >= 0.3 is 0 Å². The molecule has 1 heterocycles. The van der Waals surface area contributed by atoms with Crippen molar-refractivity contribution in [1.29, 1.82) is 0 Å². The van der Waals surface area contributed by atoms with E-state index in [1.165, 1.54) is 16.6 Å². The Morgan fingerprint density at radius 1 is 1.47 bits per heavy atom. The molecule has 1 aromatic heterocycles. The molecule has 1 rings (SSSR count). The van der Waals surface area contributed by atoms with Gasteiger partial charge in [0.15, 0.2) is 0 Å². The third-order valence-corrected chi connectivity index (χ3v) is 4.59. The molecule has 0 saturated carbocycles. The molecule has 0 aromatic carbocycles. The molecule has 0 aliphatic carbocycles. The van der Waals surface area contributed by atoms with E-state index in [4.69, 9.17) is 4.74 Å². The van der Waals surface area contributed by atoms with Crippen LogP contribution >= 0.6 is 15.9 Å². The lowest BCUT2D eigenvalue weighted by atomic mass is 10.5. The summed E-state index contributed by atoms with van der Waals surface area (Å²) in [5, 5.41) is 0. The van der Waals surface area contributed by atoms with E-state index in [2.05, 4.69) is 20.9 Å². The number of methoxy groups -OCH3 is 1. The minimum atomic E-state index is -3.49. The lowest BCUT2D eigenvalue weighted by Crippen LogP contribution is -2.33. The van der Waals surface area contributed by atoms with Gasteiger partial charge in [-0.1, -0.05) is 6.92 Å². The third kappa shape index (κ3) is 3.74. The minimum absolute atomic E-state index is 0.185. The van der Waals surface area contributed by atoms with E-state index in [0.717, 1.165) is 0 Å². The van der Waals surface area contributed by atoms with Crippen LogP contribution in [0.3, 0.4) is 0 Å². The van der Waals surface area contributed by atoms with Crippen LogP contribution < -0.4 is 0 Å². The zero-order valence-electron chi connectivity index (χ0n) is 9.76. The number of hydrogen-bond donors (Lipinski definition) is 0. The topological polar surface area (TPSA) is 59.5 Å². The molecule has 0 saturated heterocycles. The van der Waals surface area contributed by atoms with E-state index in [-0.39, 0.29) is 4.90 Å². The first kappa shape index (κ1) is 14.6. The summed E-state index contributed by atoms with van der Waals surface area (Å²) in [7, 11) is -1.94. The Balaban J connectivity index is 3.00. The molecule has 0 spiro atoms. The van der Waals surface area contributed by atoms with Gasteiger partial charge in [-0.2, -0.15) is 4.31 Å². The number of likely N-dealkylation sites (N-methyl/N-ethyl adjacent to an activating group) is 1. The van der Waals surface area contributed by atoms with E-state index in [1.54, 1.807) is 20.2 Å². The molecule has 0 aliphatic heterocycles. The van der Waals surface area contributed by atoms with Gasteiger partial charge in [-0.25, -0.2) is 8.42 Å². The molecule has 0 radical (unpaired) electrons. The maximum absolute atomic E-state index is 12.2. The summed E-state index contributed by atoms with van der Waals surface area (Å²) in [6.45, 7) is 2.90. The van der Waals surface area contributed by atoms with Crippen molar-refractivity contribution in [1.82, 2.24) is 9.29 Å². The Labute approximate surface area is 110 Å². The van der Waals surface area contributed by atoms with Gasteiger partial charge < -0.3 is 4.74 Å². The lowest BCUT2D eigenvalue weighted by molar-refractivity contribution is 0.180. The van der Waals surface area contributed by atoms with Crippen molar-refractivity contribution < 1.29 is 13.2 Å². The largest absolute Gasteiger partial charge is 0.383 e. The standard InChI is InChI=1S/C10H15BrN2O3S/c1-3-13(4-5-16-2)17(14,15)10-6-9(11)7-12-8-10/h6-8H,3-5H2,1-2H3. The fraction of sp³-hybridized carbons (Fsp3) is 0.500. The Morgan fingerprint density at radius 2 is 2.18 bits per heavy atom.